The largest absolute Gasteiger partial charge is 0.508 e. The lowest BCUT2D eigenvalue weighted by Crippen LogP contribution is -2.20. The molecular weight excluding hydrogens is 180 g/mol. The van der Waals surface area contributed by atoms with Gasteiger partial charge >= 0.3 is 0 Å². The van der Waals surface area contributed by atoms with Crippen LogP contribution in [-0.4, -0.2) is 17.0 Å². The van der Waals surface area contributed by atoms with Crippen LogP contribution in [0.3, 0.4) is 0 Å². The van der Waals surface area contributed by atoms with Crippen molar-refractivity contribution < 1.29 is 14.6 Å². The number of carbonyl (C=O) groups excluding carboxylic acids is 1. The molecule has 0 saturated heterocycles. The Morgan fingerprint density at radius 2 is 2.07 bits per heavy atom. The lowest BCUT2D eigenvalue weighted by Gasteiger charge is -2.12. The summed E-state index contributed by atoms with van der Waals surface area (Å²) >= 11 is 0. The van der Waals surface area contributed by atoms with Crippen LogP contribution in [0.15, 0.2) is 18.2 Å². The monoisotopic (exact) mass is 194 g/mol. The number of rotatable bonds is 3. The fourth-order valence-corrected chi connectivity index (χ4v) is 1.08. The summed E-state index contributed by atoms with van der Waals surface area (Å²) in [7, 11) is 0. The average molecular weight is 194 g/mol. The molecule has 0 aliphatic rings. The van der Waals surface area contributed by atoms with Crippen molar-refractivity contribution in [1.82, 2.24) is 0 Å². The number of hydrogen-bond donors (Lipinski definition) is 1. The molecule has 1 rings (SSSR count). The second-order valence-corrected chi connectivity index (χ2v) is 3.37. The van der Waals surface area contributed by atoms with Gasteiger partial charge in [0.1, 0.15) is 11.5 Å². The summed E-state index contributed by atoms with van der Waals surface area (Å²) in [6.45, 7) is 5.01. The molecule has 0 aliphatic carbocycles. The van der Waals surface area contributed by atoms with Crippen molar-refractivity contribution in [2.75, 3.05) is 0 Å². The summed E-state index contributed by atoms with van der Waals surface area (Å²) in [6.07, 6.45) is -0.476. The highest BCUT2D eigenvalue weighted by molar-refractivity contribution is 5.80. The molecular formula is C11H14O3. The van der Waals surface area contributed by atoms with E-state index in [0.717, 1.165) is 5.56 Å². The van der Waals surface area contributed by atoms with Gasteiger partial charge in [-0.05, 0) is 38.5 Å². The van der Waals surface area contributed by atoms with Crippen molar-refractivity contribution in [1.29, 1.82) is 0 Å². The Balaban J connectivity index is 2.81. The zero-order valence-corrected chi connectivity index (χ0v) is 8.57. The van der Waals surface area contributed by atoms with Gasteiger partial charge in [-0.1, -0.05) is 0 Å². The van der Waals surface area contributed by atoms with Crippen LogP contribution < -0.4 is 4.74 Å². The summed E-state index contributed by atoms with van der Waals surface area (Å²) < 4.78 is 5.33. The third-order valence-electron chi connectivity index (χ3n) is 1.92. The van der Waals surface area contributed by atoms with E-state index in [1.807, 2.05) is 6.92 Å². The van der Waals surface area contributed by atoms with Gasteiger partial charge in [-0.15, -0.1) is 0 Å². The number of phenolic OH excluding ortho intramolecular Hbond substituents is 1. The van der Waals surface area contributed by atoms with Gasteiger partial charge < -0.3 is 9.84 Å². The minimum Gasteiger partial charge on any atom is -0.508 e. The van der Waals surface area contributed by atoms with Crippen LogP contribution in [0.1, 0.15) is 19.4 Å². The Morgan fingerprint density at radius 1 is 1.43 bits per heavy atom. The minimum absolute atomic E-state index is 0.0361. The van der Waals surface area contributed by atoms with E-state index in [0.29, 0.717) is 5.75 Å². The van der Waals surface area contributed by atoms with Gasteiger partial charge in [0, 0.05) is 6.07 Å². The second kappa shape index (κ2) is 4.13. The fraction of sp³-hybridized carbons (Fsp3) is 0.364. The van der Waals surface area contributed by atoms with Crippen molar-refractivity contribution in [2.24, 2.45) is 0 Å². The van der Waals surface area contributed by atoms with E-state index in [1.165, 1.54) is 13.0 Å². The first kappa shape index (κ1) is 10.6. The highest BCUT2D eigenvalue weighted by atomic mass is 16.5. The smallest absolute Gasteiger partial charge is 0.169 e. The molecule has 3 heteroatoms. The number of aryl methyl sites for hydroxylation is 1. The molecule has 0 spiro atoms. The van der Waals surface area contributed by atoms with Crippen LogP contribution in [0.4, 0.5) is 0 Å². The molecule has 3 nitrogen and oxygen atoms in total. The first-order valence-corrected chi connectivity index (χ1v) is 4.47. The lowest BCUT2D eigenvalue weighted by atomic mass is 10.2. The maximum Gasteiger partial charge on any atom is 0.169 e. The maximum atomic E-state index is 10.9. The number of ether oxygens (including phenoxy) is 1. The highest BCUT2D eigenvalue weighted by Crippen LogP contribution is 2.22. The normalized spacial score (nSPS) is 12.2. The molecule has 1 N–H and O–H groups in total. The number of hydrogen-bond acceptors (Lipinski definition) is 3. The van der Waals surface area contributed by atoms with Crippen LogP contribution in [0.2, 0.25) is 0 Å². The molecule has 0 amide bonds. The van der Waals surface area contributed by atoms with E-state index in [4.69, 9.17) is 4.74 Å². The van der Waals surface area contributed by atoms with Crippen molar-refractivity contribution in [3.63, 3.8) is 0 Å². The first-order chi connectivity index (χ1) is 6.49. The summed E-state index contributed by atoms with van der Waals surface area (Å²) in [4.78, 5) is 10.9. The Hall–Kier alpha value is -1.51. The van der Waals surface area contributed by atoms with Crippen LogP contribution >= 0.6 is 0 Å². The average Bonchev–Trinajstić information content (AvgIpc) is 2.01. The lowest BCUT2D eigenvalue weighted by molar-refractivity contribution is -0.122. The molecule has 0 saturated carbocycles. The van der Waals surface area contributed by atoms with Gasteiger partial charge in [-0.3, -0.25) is 4.79 Å². The third kappa shape index (κ3) is 2.76. The number of Topliss-reactive ketones (excluding diaryl/α,β-unsaturated/α-hetero) is 1. The Kier molecular flexibility index (Phi) is 3.12. The molecule has 0 aromatic heterocycles. The Bertz CT molecular complexity index is 324. The third-order valence-corrected chi connectivity index (χ3v) is 1.92. The predicted molar refractivity (Wildman–Crippen MR) is 53.6 cm³/mol. The van der Waals surface area contributed by atoms with E-state index >= 15 is 0 Å². The van der Waals surface area contributed by atoms with Crippen molar-refractivity contribution in [2.45, 2.75) is 26.9 Å². The fourth-order valence-electron chi connectivity index (χ4n) is 1.08. The van der Waals surface area contributed by atoms with Gasteiger partial charge in [0.25, 0.3) is 0 Å². The van der Waals surface area contributed by atoms with Crippen molar-refractivity contribution in [3.05, 3.63) is 23.8 Å². The van der Waals surface area contributed by atoms with E-state index in [2.05, 4.69) is 0 Å². The topological polar surface area (TPSA) is 46.5 Å². The van der Waals surface area contributed by atoms with Crippen LogP contribution in [0.5, 0.6) is 11.5 Å². The molecule has 1 aromatic rings. The van der Waals surface area contributed by atoms with E-state index in [9.17, 15) is 9.90 Å². The number of carbonyl (C=O) groups is 1. The van der Waals surface area contributed by atoms with E-state index in [1.54, 1.807) is 19.1 Å². The van der Waals surface area contributed by atoms with E-state index < -0.39 is 6.10 Å². The summed E-state index contributed by atoms with van der Waals surface area (Å²) in [5.41, 5.74) is 0.899. The first-order valence-electron chi connectivity index (χ1n) is 4.47. The van der Waals surface area contributed by atoms with Gasteiger partial charge in [0.15, 0.2) is 11.9 Å². The standard InChI is InChI=1S/C11H14O3/c1-7-4-10(13)6-11(5-7)14-9(3)8(2)12/h4-6,9,13H,1-3H3. The molecule has 1 atom stereocenters. The SMILES string of the molecule is CC(=O)C(C)Oc1cc(C)cc(O)c1. The Labute approximate surface area is 83.3 Å². The molecule has 0 heterocycles. The summed E-state index contributed by atoms with van der Waals surface area (Å²) in [5.74, 6) is 0.631. The van der Waals surface area contributed by atoms with Crippen molar-refractivity contribution in [3.8, 4) is 11.5 Å². The molecule has 1 aromatic carbocycles. The molecule has 76 valence electrons. The summed E-state index contributed by atoms with van der Waals surface area (Å²) in [5, 5.41) is 9.28. The molecule has 0 fully saturated rings. The van der Waals surface area contributed by atoms with Crippen LogP contribution in [-0.2, 0) is 4.79 Å². The number of phenols is 1. The zero-order valence-electron chi connectivity index (χ0n) is 8.57. The van der Waals surface area contributed by atoms with Crippen molar-refractivity contribution >= 4 is 5.78 Å². The van der Waals surface area contributed by atoms with Gasteiger partial charge in [0.2, 0.25) is 0 Å². The number of ketones is 1. The van der Waals surface area contributed by atoms with Gasteiger partial charge in [-0.25, -0.2) is 0 Å². The molecule has 0 bridgehead atoms. The van der Waals surface area contributed by atoms with Gasteiger partial charge in [-0.2, -0.15) is 0 Å². The molecule has 14 heavy (non-hydrogen) atoms. The molecule has 1 unspecified atom stereocenters. The highest BCUT2D eigenvalue weighted by Gasteiger charge is 2.09. The summed E-state index contributed by atoms with van der Waals surface area (Å²) in [6, 6.07) is 4.90. The Morgan fingerprint density at radius 3 is 2.57 bits per heavy atom. The van der Waals surface area contributed by atoms with Crippen LogP contribution in [0, 0.1) is 6.92 Å². The number of aromatic hydroxyl groups is 1. The maximum absolute atomic E-state index is 10.9. The second-order valence-electron chi connectivity index (χ2n) is 3.37. The zero-order chi connectivity index (χ0) is 10.7. The molecule has 0 aliphatic heterocycles. The molecule has 0 radical (unpaired) electrons. The van der Waals surface area contributed by atoms with Crippen LogP contribution in [0.25, 0.3) is 0 Å². The van der Waals surface area contributed by atoms with Gasteiger partial charge in [0.05, 0.1) is 0 Å². The quantitative estimate of drug-likeness (QED) is 0.801. The number of benzene rings is 1. The minimum atomic E-state index is -0.476. The predicted octanol–water partition coefficient (Wildman–Crippen LogP) is 2.06. The van der Waals surface area contributed by atoms with E-state index in [-0.39, 0.29) is 11.5 Å².